The predicted octanol–water partition coefficient (Wildman–Crippen LogP) is 0.816. The molecule has 1 aromatic carbocycles. The number of aliphatic hydroxyl groups is 1. The molecule has 2 unspecified atom stereocenters. The lowest BCUT2D eigenvalue weighted by Crippen LogP contribution is -2.67. The molecule has 18 heavy (non-hydrogen) atoms. The van der Waals surface area contributed by atoms with Gasteiger partial charge in [0.1, 0.15) is 0 Å². The van der Waals surface area contributed by atoms with E-state index in [1.807, 2.05) is 35.2 Å². The first kappa shape index (κ1) is 11.7. The van der Waals surface area contributed by atoms with E-state index in [9.17, 15) is 9.90 Å². The number of nitrogens with one attached hydrogen (secondary N) is 1. The monoisotopic (exact) mass is 246 g/mol. The number of hydrogen-bond donors (Lipinski definition) is 2. The topological polar surface area (TPSA) is 52.6 Å². The van der Waals surface area contributed by atoms with Gasteiger partial charge in [0.15, 0.2) is 5.72 Å². The largest absolute Gasteiger partial charge is 0.369 e. The van der Waals surface area contributed by atoms with E-state index in [2.05, 4.69) is 5.32 Å². The van der Waals surface area contributed by atoms with Crippen LogP contribution in [-0.4, -0.2) is 35.0 Å². The van der Waals surface area contributed by atoms with Crippen molar-refractivity contribution in [3.05, 3.63) is 35.9 Å². The van der Waals surface area contributed by atoms with Crippen LogP contribution in [0.2, 0.25) is 0 Å². The molecule has 0 saturated carbocycles. The summed E-state index contributed by atoms with van der Waals surface area (Å²) in [4.78, 5) is 13.7. The lowest BCUT2D eigenvalue weighted by molar-refractivity contribution is -0.161. The molecule has 4 nitrogen and oxygen atoms in total. The van der Waals surface area contributed by atoms with E-state index >= 15 is 0 Å². The van der Waals surface area contributed by atoms with Crippen molar-refractivity contribution in [2.24, 2.45) is 0 Å². The Morgan fingerprint density at radius 2 is 2.06 bits per heavy atom. The number of carbonyl (C=O) groups is 1. The van der Waals surface area contributed by atoms with Gasteiger partial charge in [0, 0.05) is 12.1 Å². The predicted molar refractivity (Wildman–Crippen MR) is 67.7 cm³/mol. The Kier molecular flexibility index (Phi) is 2.84. The highest BCUT2D eigenvalue weighted by Gasteiger charge is 2.47. The van der Waals surface area contributed by atoms with Crippen molar-refractivity contribution in [3.8, 4) is 0 Å². The minimum atomic E-state index is -1.10. The van der Waals surface area contributed by atoms with E-state index in [4.69, 9.17) is 0 Å². The summed E-state index contributed by atoms with van der Waals surface area (Å²) >= 11 is 0. The van der Waals surface area contributed by atoms with Crippen molar-refractivity contribution in [3.63, 3.8) is 0 Å². The maximum absolute atomic E-state index is 11.9. The molecular formula is C14H18N2O2. The summed E-state index contributed by atoms with van der Waals surface area (Å²) in [5, 5.41) is 14.0. The molecular weight excluding hydrogens is 228 g/mol. The fourth-order valence-electron chi connectivity index (χ4n) is 3.08. The van der Waals surface area contributed by atoms with Gasteiger partial charge in [0.2, 0.25) is 5.91 Å². The second kappa shape index (κ2) is 4.37. The molecule has 2 aliphatic rings. The second-order valence-electron chi connectivity index (χ2n) is 5.08. The third-order valence-corrected chi connectivity index (χ3v) is 4.03. The molecule has 1 aromatic rings. The normalized spacial score (nSPS) is 32.2. The number of nitrogens with zero attached hydrogens (tertiary/aromatic N) is 1. The molecule has 2 N–H and O–H groups in total. The number of fused-ring (bicyclic) bond motifs is 1. The molecule has 2 fully saturated rings. The molecule has 1 amide bonds. The highest BCUT2D eigenvalue weighted by molar-refractivity contribution is 5.80. The molecule has 0 aromatic heterocycles. The Bertz CT molecular complexity index is 448. The Hall–Kier alpha value is -1.39. The maximum atomic E-state index is 11.9. The molecule has 0 bridgehead atoms. The number of hydrogen-bond acceptors (Lipinski definition) is 3. The smallest absolute Gasteiger partial charge is 0.237 e. The quantitative estimate of drug-likeness (QED) is 0.771. The number of amides is 1. The van der Waals surface area contributed by atoms with Gasteiger partial charge in [-0.25, -0.2) is 0 Å². The molecule has 0 spiro atoms. The van der Waals surface area contributed by atoms with Crippen LogP contribution in [0.1, 0.15) is 24.8 Å². The number of piperidine rings is 1. The Morgan fingerprint density at radius 3 is 2.83 bits per heavy atom. The molecule has 96 valence electrons. The number of benzene rings is 1. The van der Waals surface area contributed by atoms with Gasteiger partial charge in [-0.2, -0.15) is 0 Å². The average molecular weight is 246 g/mol. The van der Waals surface area contributed by atoms with E-state index in [0.717, 1.165) is 31.4 Å². The van der Waals surface area contributed by atoms with E-state index in [1.165, 1.54) is 0 Å². The highest BCUT2D eigenvalue weighted by Crippen LogP contribution is 2.34. The van der Waals surface area contributed by atoms with Crippen LogP contribution in [0.15, 0.2) is 30.3 Å². The van der Waals surface area contributed by atoms with Gasteiger partial charge in [0.25, 0.3) is 0 Å². The SMILES string of the molecule is O=C1CNC(O)(c2ccccc2)C2CCCCN12. The van der Waals surface area contributed by atoms with Gasteiger partial charge in [0.05, 0.1) is 12.6 Å². The summed E-state index contributed by atoms with van der Waals surface area (Å²) in [6.07, 6.45) is 2.95. The molecule has 2 aliphatic heterocycles. The molecule has 0 aliphatic carbocycles. The van der Waals surface area contributed by atoms with Crippen LogP contribution in [0.5, 0.6) is 0 Å². The second-order valence-corrected chi connectivity index (χ2v) is 5.08. The summed E-state index contributed by atoms with van der Waals surface area (Å²) in [5.74, 6) is 0.0975. The average Bonchev–Trinajstić information content (AvgIpc) is 2.44. The van der Waals surface area contributed by atoms with Crippen LogP contribution in [0.4, 0.5) is 0 Å². The van der Waals surface area contributed by atoms with Crippen molar-refractivity contribution >= 4 is 5.91 Å². The van der Waals surface area contributed by atoms with E-state index in [-0.39, 0.29) is 18.5 Å². The first-order chi connectivity index (χ1) is 8.72. The van der Waals surface area contributed by atoms with Crippen molar-refractivity contribution in [2.75, 3.05) is 13.1 Å². The molecule has 2 saturated heterocycles. The first-order valence-electron chi connectivity index (χ1n) is 6.54. The zero-order valence-corrected chi connectivity index (χ0v) is 10.3. The Labute approximate surface area is 107 Å². The van der Waals surface area contributed by atoms with Crippen molar-refractivity contribution in [2.45, 2.75) is 31.0 Å². The Balaban J connectivity index is 1.98. The molecule has 2 heterocycles. The first-order valence-corrected chi connectivity index (χ1v) is 6.54. The maximum Gasteiger partial charge on any atom is 0.237 e. The Morgan fingerprint density at radius 1 is 1.28 bits per heavy atom. The number of rotatable bonds is 1. The van der Waals surface area contributed by atoms with Gasteiger partial charge in [-0.15, -0.1) is 0 Å². The van der Waals surface area contributed by atoms with Gasteiger partial charge in [-0.3, -0.25) is 10.1 Å². The summed E-state index contributed by atoms with van der Waals surface area (Å²) in [6.45, 7) is 0.974. The van der Waals surface area contributed by atoms with Gasteiger partial charge in [-0.1, -0.05) is 30.3 Å². The van der Waals surface area contributed by atoms with E-state index in [0.29, 0.717) is 0 Å². The van der Waals surface area contributed by atoms with Crippen LogP contribution >= 0.6 is 0 Å². The van der Waals surface area contributed by atoms with Crippen molar-refractivity contribution in [1.82, 2.24) is 10.2 Å². The summed E-state index contributed by atoms with van der Waals surface area (Å²) < 4.78 is 0. The fraction of sp³-hybridized carbons (Fsp3) is 0.500. The zero-order valence-electron chi connectivity index (χ0n) is 10.3. The van der Waals surface area contributed by atoms with Crippen LogP contribution in [-0.2, 0) is 10.5 Å². The van der Waals surface area contributed by atoms with Crippen LogP contribution in [0, 0.1) is 0 Å². The van der Waals surface area contributed by atoms with E-state index in [1.54, 1.807) is 0 Å². The van der Waals surface area contributed by atoms with E-state index < -0.39 is 5.72 Å². The summed E-state index contributed by atoms with van der Waals surface area (Å²) in [5.41, 5.74) is -0.260. The molecule has 0 radical (unpaired) electrons. The third kappa shape index (κ3) is 1.72. The minimum Gasteiger partial charge on any atom is -0.369 e. The summed E-state index contributed by atoms with van der Waals surface area (Å²) in [6, 6.07) is 9.44. The van der Waals surface area contributed by atoms with Crippen LogP contribution < -0.4 is 5.32 Å². The molecule has 2 atom stereocenters. The third-order valence-electron chi connectivity index (χ3n) is 4.03. The zero-order chi connectivity index (χ0) is 12.6. The summed E-state index contributed by atoms with van der Waals surface area (Å²) in [7, 11) is 0. The number of piperazine rings is 1. The van der Waals surface area contributed by atoms with Gasteiger partial charge < -0.3 is 10.0 Å². The molecule has 4 heteroatoms. The minimum absolute atomic E-state index is 0.0975. The lowest BCUT2D eigenvalue weighted by Gasteiger charge is -2.49. The highest BCUT2D eigenvalue weighted by atomic mass is 16.3. The van der Waals surface area contributed by atoms with Crippen LogP contribution in [0.25, 0.3) is 0 Å². The standard InChI is InChI=1S/C14H18N2O2/c17-13-10-15-14(18,11-6-2-1-3-7-11)12-8-4-5-9-16(12)13/h1-3,6-7,12,15,18H,4-5,8-10H2. The molecule has 3 rings (SSSR count). The van der Waals surface area contributed by atoms with Gasteiger partial charge >= 0.3 is 0 Å². The van der Waals surface area contributed by atoms with Crippen molar-refractivity contribution in [1.29, 1.82) is 0 Å². The van der Waals surface area contributed by atoms with Crippen molar-refractivity contribution < 1.29 is 9.90 Å². The van der Waals surface area contributed by atoms with Crippen LogP contribution in [0.3, 0.4) is 0 Å². The fourth-order valence-corrected chi connectivity index (χ4v) is 3.08. The van der Waals surface area contributed by atoms with Gasteiger partial charge in [-0.05, 0) is 19.3 Å². The lowest BCUT2D eigenvalue weighted by atomic mass is 9.85. The number of carbonyl (C=O) groups excluding carboxylic acids is 1.